The number of rotatable bonds is 6. The molecule has 0 atom stereocenters. The number of hydrogen-bond donors (Lipinski definition) is 3. The van der Waals surface area contributed by atoms with Crippen molar-refractivity contribution >= 4 is 29.7 Å². The molecule has 1 fully saturated rings. The van der Waals surface area contributed by atoms with Crippen LogP contribution in [0.4, 0.5) is 24.8 Å². The molecule has 0 radical (unpaired) electrons. The van der Waals surface area contributed by atoms with Crippen molar-refractivity contribution in [2.75, 3.05) is 11.9 Å². The van der Waals surface area contributed by atoms with E-state index in [1.54, 1.807) is 24.3 Å². The number of hydrogen-bond acceptors (Lipinski definition) is 5. The van der Waals surface area contributed by atoms with Gasteiger partial charge in [0.1, 0.15) is 0 Å². The first-order chi connectivity index (χ1) is 13.3. The summed E-state index contributed by atoms with van der Waals surface area (Å²) in [6, 6.07) is 6.63. The van der Waals surface area contributed by atoms with Gasteiger partial charge in [-0.25, -0.2) is 9.97 Å². The van der Waals surface area contributed by atoms with Gasteiger partial charge in [0, 0.05) is 29.0 Å². The van der Waals surface area contributed by atoms with E-state index < -0.39 is 11.9 Å². The first kappa shape index (κ1) is 21.9. The topological polar surface area (TPSA) is 87.1 Å². The van der Waals surface area contributed by atoms with Crippen LogP contribution in [0.1, 0.15) is 30.5 Å². The van der Waals surface area contributed by atoms with E-state index in [2.05, 4.69) is 20.6 Å². The third-order valence-corrected chi connectivity index (χ3v) is 4.42. The summed E-state index contributed by atoms with van der Waals surface area (Å²) < 4.78 is 40.0. The Morgan fingerprint density at radius 1 is 1.32 bits per heavy atom. The molecule has 2 aromatic rings. The van der Waals surface area contributed by atoms with Gasteiger partial charge in [0.25, 0.3) is 6.47 Å². The SMILES string of the molecule is FC(F)(F)c1nc(Nc2cccc(Cl)c2)ncc1CNCC1CCC1.O=CO. The Hall–Kier alpha value is -2.39. The third kappa shape index (κ3) is 6.65. The summed E-state index contributed by atoms with van der Waals surface area (Å²) in [5.41, 5.74) is -0.354. The van der Waals surface area contributed by atoms with Gasteiger partial charge in [-0.2, -0.15) is 13.2 Å². The number of carboxylic acid groups (broad SMARTS) is 1. The van der Waals surface area contributed by atoms with E-state index in [1.807, 2.05) is 0 Å². The molecule has 1 aromatic carbocycles. The fraction of sp³-hybridized carbons (Fsp3) is 0.389. The minimum Gasteiger partial charge on any atom is -0.483 e. The van der Waals surface area contributed by atoms with E-state index in [0.29, 0.717) is 16.6 Å². The number of carbonyl (C=O) groups is 1. The highest BCUT2D eigenvalue weighted by Crippen LogP contribution is 2.31. The Bertz CT molecular complexity index is 786. The fourth-order valence-electron chi connectivity index (χ4n) is 2.65. The van der Waals surface area contributed by atoms with Crippen molar-refractivity contribution in [3.8, 4) is 0 Å². The van der Waals surface area contributed by atoms with E-state index in [-0.39, 0.29) is 24.5 Å². The number of nitrogens with one attached hydrogen (secondary N) is 2. The van der Waals surface area contributed by atoms with E-state index in [9.17, 15) is 13.2 Å². The average molecular weight is 417 g/mol. The molecule has 28 heavy (non-hydrogen) atoms. The predicted molar refractivity (Wildman–Crippen MR) is 99.5 cm³/mol. The Morgan fingerprint density at radius 2 is 2.04 bits per heavy atom. The van der Waals surface area contributed by atoms with Crippen LogP contribution in [0, 0.1) is 5.92 Å². The number of halogens is 4. The van der Waals surface area contributed by atoms with Gasteiger partial charge in [-0.3, -0.25) is 4.79 Å². The lowest BCUT2D eigenvalue weighted by atomic mass is 9.85. The monoisotopic (exact) mass is 416 g/mol. The van der Waals surface area contributed by atoms with E-state index in [1.165, 1.54) is 12.6 Å². The normalized spacial score (nSPS) is 13.9. The summed E-state index contributed by atoms with van der Waals surface area (Å²) in [5.74, 6) is 0.455. The molecule has 1 aliphatic rings. The summed E-state index contributed by atoms with van der Waals surface area (Å²) in [7, 11) is 0. The van der Waals surface area contributed by atoms with Crippen LogP contribution in [0.3, 0.4) is 0 Å². The van der Waals surface area contributed by atoms with Gasteiger partial charge in [-0.05, 0) is 43.5 Å². The molecule has 0 amide bonds. The van der Waals surface area contributed by atoms with Crippen LogP contribution in [0.25, 0.3) is 0 Å². The maximum absolute atomic E-state index is 13.3. The molecule has 152 valence electrons. The molecule has 0 unspecified atom stereocenters. The largest absolute Gasteiger partial charge is 0.483 e. The Labute approximate surface area is 165 Å². The lowest BCUT2D eigenvalue weighted by molar-refractivity contribution is -0.141. The maximum atomic E-state index is 13.3. The molecule has 3 rings (SSSR count). The first-order valence-corrected chi connectivity index (χ1v) is 8.95. The van der Waals surface area contributed by atoms with Gasteiger partial charge in [0.05, 0.1) is 0 Å². The molecule has 1 saturated carbocycles. The number of alkyl halides is 3. The van der Waals surface area contributed by atoms with Crippen LogP contribution in [-0.2, 0) is 17.5 Å². The van der Waals surface area contributed by atoms with Crippen LogP contribution in [0.2, 0.25) is 5.02 Å². The minimum atomic E-state index is -4.54. The molecule has 1 aromatic heterocycles. The van der Waals surface area contributed by atoms with Crippen molar-refractivity contribution in [1.82, 2.24) is 15.3 Å². The van der Waals surface area contributed by atoms with Gasteiger partial charge >= 0.3 is 6.18 Å². The van der Waals surface area contributed by atoms with Crippen molar-refractivity contribution in [2.45, 2.75) is 32.0 Å². The van der Waals surface area contributed by atoms with E-state index >= 15 is 0 Å². The van der Waals surface area contributed by atoms with Crippen LogP contribution in [-0.4, -0.2) is 28.1 Å². The van der Waals surface area contributed by atoms with Crippen LogP contribution in [0.5, 0.6) is 0 Å². The molecule has 0 aliphatic heterocycles. The zero-order valence-electron chi connectivity index (χ0n) is 14.8. The maximum Gasteiger partial charge on any atom is 0.433 e. The van der Waals surface area contributed by atoms with E-state index in [4.69, 9.17) is 21.5 Å². The minimum absolute atomic E-state index is 0.0449. The molecular formula is C18H20ClF3N4O2. The zero-order chi connectivity index (χ0) is 20.6. The zero-order valence-corrected chi connectivity index (χ0v) is 15.6. The predicted octanol–water partition coefficient (Wildman–Crippen LogP) is 4.48. The average Bonchev–Trinajstić information content (AvgIpc) is 2.58. The second-order valence-corrected chi connectivity index (χ2v) is 6.67. The van der Waals surface area contributed by atoms with Gasteiger partial charge in [-0.1, -0.05) is 24.1 Å². The molecule has 1 heterocycles. The van der Waals surface area contributed by atoms with Crippen LogP contribution in [0.15, 0.2) is 30.5 Å². The second-order valence-electron chi connectivity index (χ2n) is 6.23. The molecular weight excluding hydrogens is 397 g/mol. The van der Waals surface area contributed by atoms with Gasteiger partial charge in [0.15, 0.2) is 5.69 Å². The van der Waals surface area contributed by atoms with Gasteiger partial charge in [-0.15, -0.1) is 0 Å². The molecule has 10 heteroatoms. The van der Waals surface area contributed by atoms with Gasteiger partial charge in [0.2, 0.25) is 5.95 Å². The first-order valence-electron chi connectivity index (χ1n) is 8.57. The summed E-state index contributed by atoms with van der Waals surface area (Å²) in [6.45, 7) is 0.572. The number of nitrogens with zero attached hydrogens (tertiary/aromatic N) is 2. The smallest absolute Gasteiger partial charge is 0.433 e. The number of anilines is 2. The highest BCUT2D eigenvalue weighted by Gasteiger charge is 2.36. The number of aromatic nitrogens is 2. The Kier molecular flexibility index (Phi) is 8.01. The lowest BCUT2D eigenvalue weighted by Gasteiger charge is -2.25. The van der Waals surface area contributed by atoms with Crippen molar-refractivity contribution in [1.29, 1.82) is 0 Å². The Morgan fingerprint density at radius 3 is 2.61 bits per heavy atom. The summed E-state index contributed by atoms with van der Waals surface area (Å²) in [6.07, 6.45) is 0.154. The van der Waals surface area contributed by atoms with Gasteiger partial charge < -0.3 is 15.7 Å². The lowest BCUT2D eigenvalue weighted by Crippen LogP contribution is -2.28. The standard InChI is InChI=1S/C17H18ClF3N4.CH2O2/c18-13-5-2-6-14(7-13)24-16-23-10-12(15(25-16)17(19,20)21)9-22-8-11-3-1-4-11;2-1-3/h2,5-7,10-11,22H,1,3-4,8-9H2,(H,23,24,25);1H,(H,2,3). The second kappa shape index (κ2) is 10.2. The van der Waals surface area contributed by atoms with Crippen LogP contribution < -0.4 is 10.6 Å². The Balaban J connectivity index is 0.000000878. The quantitative estimate of drug-likeness (QED) is 0.602. The molecule has 0 saturated heterocycles. The van der Waals surface area contributed by atoms with Crippen molar-refractivity contribution in [2.24, 2.45) is 5.92 Å². The summed E-state index contributed by atoms with van der Waals surface area (Å²) >= 11 is 5.87. The molecule has 0 bridgehead atoms. The van der Waals surface area contributed by atoms with Crippen LogP contribution >= 0.6 is 11.6 Å². The molecule has 6 nitrogen and oxygen atoms in total. The highest BCUT2D eigenvalue weighted by atomic mass is 35.5. The van der Waals surface area contributed by atoms with Crippen molar-refractivity contribution < 1.29 is 23.1 Å². The van der Waals surface area contributed by atoms with Crippen molar-refractivity contribution in [3.05, 3.63) is 46.7 Å². The summed E-state index contributed by atoms with van der Waals surface area (Å²) in [5, 5.41) is 13.2. The summed E-state index contributed by atoms with van der Waals surface area (Å²) in [4.78, 5) is 16.0. The molecule has 3 N–H and O–H groups in total. The molecule has 1 aliphatic carbocycles. The fourth-order valence-corrected chi connectivity index (χ4v) is 2.84. The van der Waals surface area contributed by atoms with E-state index in [0.717, 1.165) is 19.4 Å². The highest BCUT2D eigenvalue weighted by molar-refractivity contribution is 6.30. The number of benzene rings is 1. The third-order valence-electron chi connectivity index (χ3n) is 4.19. The van der Waals surface area contributed by atoms with Crippen molar-refractivity contribution in [3.63, 3.8) is 0 Å². The molecule has 0 spiro atoms.